The fourth-order valence-electron chi connectivity index (χ4n) is 2.57. The molecule has 2 aromatic carbocycles. The summed E-state index contributed by atoms with van der Waals surface area (Å²) < 4.78 is 38.3. The first kappa shape index (κ1) is 16.8. The molecule has 0 fully saturated rings. The first-order valence-corrected chi connectivity index (χ1v) is 9.50. The smallest absolute Gasteiger partial charge is 0.216 e. The third kappa shape index (κ3) is 4.07. The minimum atomic E-state index is -3.41. The normalized spacial score (nSPS) is 13.8. The molecule has 6 heteroatoms. The van der Waals surface area contributed by atoms with Crippen molar-refractivity contribution in [2.24, 2.45) is 0 Å². The van der Waals surface area contributed by atoms with E-state index in [1.165, 1.54) is 0 Å². The highest BCUT2D eigenvalue weighted by Crippen LogP contribution is 2.33. The third-order valence-electron chi connectivity index (χ3n) is 3.96. The summed E-state index contributed by atoms with van der Waals surface area (Å²) in [6, 6.07) is 11.2. The summed E-state index contributed by atoms with van der Waals surface area (Å²) in [4.78, 5) is 0. The van der Waals surface area contributed by atoms with Crippen molar-refractivity contribution in [2.45, 2.75) is 26.1 Å². The Labute approximate surface area is 142 Å². The van der Waals surface area contributed by atoms with E-state index in [1.807, 2.05) is 50.2 Å². The summed E-state index contributed by atoms with van der Waals surface area (Å²) in [5.74, 6) is 1.35. The molecule has 0 unspecified atom stereocenters. The van der Waals surface area contributed by atoms with Crippen LogP contribution in [0.2, 0.25) is 0 Å². The lowest BCUT2D eigenvalue weighted by Crippen LogP contribution is -2.25. The second-order valence-corrected chi connectivity index (χ2v) is 7.79. The zero-order valence-electron chi connectivity index (χ0n) is 13.8. The Hall–Kier alpha value is -2.05. The lowest BCUT2D eigenvalue weighted by atomic mass is 10.1. The maximum Gasteiger partial charge on any atom is 0.216 e. The Balaban J connectivity index is 1.69. The van der Waals surface area contributed by atoms with Gasteiger partial charge in [0.15, 0.2) is 11.5 Å². The van der Waals surface area contributed by atoms with Crippen LogP contribution in [0.5, 0.6) is 11.5 Å². The number of hydrogen-bond donors (Lipinski definition) is 1. The number of fused-ring (bicyclic) bond motifs is 1. The molecule has 0 bridgehead atoms. The van der Waals surface area contributed by atoms with E-state index in [0.717, 1.165) is 22.3 Å². The average Bonchev–Trinajstić information content (AvgIpc) is 2.55. The minimum Gasteiger partial charge on any atom is -0.486 e. The van der Waals surface area contributed by atoms with Gasteiger partial charge in [-0.3, -0.25) is 0 Å². The molecule has 1 aliphatic rings. The number of hydrogen-bond acceptors (Lipinski definition) is 4. The summed E-state index contributed by atoms with van der Waals surface area (Å²) >= 11 is 0. The van der Waals surface area contributed by atoms with Gasteiger partial charge in [0.05, 0.1) is 5.75 Å². The van der Waals surface area contributed by atoms with E-state index in [4.69, 9.17) is 9.47 Å². The van der Waals surface area contributed by atoms with Crippen molar-refractivity contribution in [3.05, 3.63) is 58.7 Å². The van der Waals surface area contributed by atoms with E-state index in [9.17, 15) is 8.42 Å². The zero-order chi connectivity index (χ0) is 17.2. The van der Waals surface area contributed by atoms with Crippen LogP contribution in [-0.2, 0) is 22.3 Å². The van der Waals surface area contributed by atoms with Crippen molar-refractivity contribution in [1.82, 2.24) is 4.72 Å². The molecule has 5 nitrogen and oxygen atoms in total. The highest BCUT2D eigenvalue weighted by molar-refractivity contribution is 7.88. The Bertz CT molecular complexity index is 829. The summed E-state index contributed by atoms with van der Waals surface area (Å²) in [5.41, 5.74) is 3.73. The van der Waals surface area contributed by atoms with Gasteiger partial charge < -0.3 is 9.47 Å². The van der Waals surface area contributed by atoms with Gasteiger partial charge in [-0.2, -0.15) is 0 Å². The van der Waals surface area contributed by atoms with Crippen molar-refractivity contribution in [3.63, 3.8) is 0 Å². The molecule has 24 heavy (non-hydrogen) atoms. The third-order valence-corrected chi connectivity index (χ3v) is 5.26. The molecule has 0 saturated carbocycles. The van der Waals surface area contributed by atoms with Crippen molar-refractivity contribution in [1.29, 1.82) is 0 Å². The number of sulfonamides is 1. The molecule has 0 aliphatic carbocycles. The SMILES string of the molecule is Cc1ccc(CS(=O)(=O)NCc2cc3c(cc2C)OCCO3)cc1. The summed E-state index contributed by atoms with van der Waals surface area (Å²) in [6.45, 7) is 5.18. The second kappa shape index (κ2) is 6.83. The van der Waals surface area contributed by atoms with Gasteiger partial charge in [0.1, 0.15) is 13.2 Å². The predicted octanol–water partition coefficient (Wildman–Crippen LogP) is 2.69. The van der Waals surface area contributed by atoms with Gasteiger partial charge in [-0.05, 0) is 42.7 Å². The molecule has 1 N–H and O–H groups in total. The van der Waals surface area contributed by atoms with Crippen molar-refractivity contribution in [3.8, 4) is 11.5 Å². The number of nitrogens with one attached hydrogen (secondary N) is 1. The largest absolute Gasteiger partial charge is 0.486 e. The maximum atomic E-state index is 12.3. The number of ether oxygens (including phenoxy) is 2. The van der Waals surface area contributed by atoms with Crippen LogP contribution in [-0.4, -0.2) is 21.6 Å². The predicted molar refractivity (Wildman–Crippen MR) is 92.8 cm³/mol. The van der Waals surface area contributed by atoms with Crippen molar-refractivity contribution < 1.29 is 17.9 Å². The molecular weight excluding hydrogens is 326 g/mol. The standard InChI is InChI=1S/C18H21NO4S/c1-13-3-5-15(6-4-13)12-24(20,21)19-11-16-10-18-17(9-14(16)2)22-7-8-23-18/h3-6,9-10,19H,7-8,11-12H2,1-2H3. The molecule has 1 aliphatic heterocycles. The summed E-state index contributed by atoms with van der Waals surface area (Å²) in [6.07, 6.45) is 0. The first-order valence-electron chi connectivity index (χ1n) is 7.85. The monoisotopic (exact) mass is 347 g/mol. The molecule has 0 saturated heterocycles. The topological polar surface area (TPSA) is 64.6 Å². The second-order valence-electron chi connectivity index (χ2n) is 5.99. The van der Waals surface area contributed by atoms with Gasteiger partial charge in [0.25, 0.3) is 0 Å². The zero-order valence-corrected chi connectivity index (χ0v) is 14.7. The number of benzene rings is 2. The molecule has 0 atom stereocenters. The molecule has 0 spiro atoms. The molecule has 1 heterocycles. The molecule has 0 radical (unpaired) electrons. The van der Waals surface area contributed by atoms with E-state index < -0.39 is 10.0 Å². The quantitative estimate of drug-likeness (QED) is 0.903. The van der Waals surface area contributed by atoms with Gasteiger partial charge in [-0.15, -0.1) is 0 Å². The maximum absolute atomic E-state index is 12.3. The average molecular weight is 347 g/mol. The van der Waals surface area contributed by atoms with Crippen molar-refractivity contribution >= 4 is 10.0 Å². The van der Waals surface area contributed by atoms with E-state index in [-0.39, 0.29) is 12.3 Å². The van der Waals surface area contributed by atoms with E-state index >= 15 is 0 Å². The van der Waals surface area contributed by atoms with E-state index in [0.29, 0.717) is 24.7 Å². The lowest BCUT2D eigenvalue weighted by molar-refractivity contribution is 0.171. The van der Waals surface area contributed by atoms with Crippen LogP contribution in [0.15, 0.2) is 36.4 Å². The van der Waals surface area contributed by atoms with Gasteiger partial charge >= 0.3 is 0 Å². The van der Waals surface area contributed by atoms with E-state index in [1.54, 1.807) is 0 Å². The Morgan fingerprint density at radius 3 is 2.29 bits per heavy atom. The number of aryl methyl sites for hydroxylation is 2. The summed E-state index contributed by atoms with van der Waals surface area (Å²) in [7, 11) is -3.41. The Morgan fingerprint density at radius 2 is 1.62 bits per heavy atom. The first-order chi connectivity index (χ1) is 11.4. The molecule has 0 aromatic heterocycles. The van der Waals surface area contributed by atoms with Gasteiger partial charge in [-0.1, -0.05) is 29.8 Å². The van der Waals surface area contributed by atoms with Crippen LogP contribution >= 0.6 is 0 Å². The van der Waals surface area contributed by atoms with E-state index in [2.05, 4.69) is 4.72 Å². The summed E-state index contributed by atoms with van der Waals surface area (Å²) in [5, 5.41) is 0. The van der Waals surface area contributed by atoms with Crippen LogP contribution < -0.4 is 14.2 Å². The van der Waals surface area contributed by atoms with Crippen LogP contribution in [0, 0.1) is 13.8 Å². The molecule has 0 amide bonds. The van der Waals surface area contributed by atoms with Crippen LogP contribution in [0.3, 0.4) is 0 Å². The fourth-order valence-corrected chi connectivity index (χ4v) is 3.67. The van der Waals surface area contributed by atoms with Crippen LogP contribution in [0.4, 0.5) is 0 Å². The molecular formula is C18H21NO4S. The Morgan fingerprint density at radius 1 is 1.00 bits per heavy atom. The van der Waals surface area contributed by atoms with Gasteiger partial charge in [0.2, 0.25) is 10.0 Å². The van der Waals surface area contributed by atoms with Gasteiger partial charge in [0, 0.05) is 6.54 Å². The molecule has 3 rings (SSSR count). The van der Waals surface area contributed by atoms with Crippen molar-refractivity contribution in [2.75, 3.05) is 13.2 Å². The number of rotatable bonds is 5. The highest BCUT2D eigenvalue weighted by atomic mass is 32.2. The van der Waals surface area contributed by atoms with Gasteiger partial charge in [-0.25, -0.2) is 13.1 Å². The highest BCUT2D eigenvalue weighted by Gasteiger charge is 2.16. The molecule has 128 valence electrons. The minimum absolute atomic E-state index is 0.0309. The van der Waals surface area contributed by atoms with Crippen LogP contribution in [0.25, 0.3) is 0 Å². The molecule has 2 aromatic rings. The Kier molecular flexibility index (Phi) is 4.78. The fraction of sp³-hybridized carbons (Fsp3) is 0.333. The lowest BCUT2D eigenvalue weighted by Gasteiger charge is -2.20. The van der Waals surface area contributed by atoms with Crippen LogP contribution in [0.1, 0.15) is 22.3 Å².